The summed E-state index contributed by atoms with van der Waals surface area (Å²) in [6.07, 6.45) is 1.45. The van der Waals surface area contributed by atoms with Gasteiger partial charge in [0.15, 0.2) is 0 Å². The quantitative estimate of drug-likeness (QED) is 0.468. The Kier molecular flexibility index (Phi) is 5.11. The zero-order chi connectivity index (χ0) is 19.7. The van der Waals surface area contributed by atoms with E-state index in [0.717, 1.165) is 15.6 Å². The van der Waals surface area contributed by atoms with Crippen LogP contribution >= 0.6 is 27.3 Å². The van der Waals surface area contributed by atoms with Gasteiger partial charge in [0.1, 0.15) is 10.9 Å². The van der Waals surface area contributed by atoms with Crippen molar-refractivity contribution in [2.24, 2.45) is 0 Å². The lowest BCUT2D eigenvalue weighted by atomic mass is 10.1. The number of carbonyl (C=O) groups is 1. The maximum Gasteiger partial charge on any atom is 0.263 e. The fraction of sp³-hybridized carbons (Fsp3) is 0.0952. The normalized spacial score (nSPS) is 12.1. The summed E-state index contributed by atoms with van der Waals surface area (Å²) in [5.41, 5.74) is 2.23. The second kappa shape index (κ2) is 7.69. The fourth-order valence-electron chi connectivity index (χ4n) is 2.96. The maximum atomic E-state index is 13.2. The smallest absolute Gasteiger partial charge is 0.263 e. The summed E-state index contributed by atoms with van der Waals surface area (Å²) >= 11 is 4.85. The molecule has 2 aromatic heterocycles. The Labute approximate surface area is 173 Å². The molecule has 1 N–H and O–H groups in total. The molecule has 0 saturated carbocycles. The van der Waals surface area contributed by atoms with Gasteiger partial charge in [0, 0.05) is 21.1 Å². The molecule has 0 saturated heterocycles. The molecule has 0 aliphatic rings. The van der Waals surface area contributed by atoms with Crippen LogP contribution in [0.25, 0.3) is 21.3 Å². The van der Waals surface area contributed by atoms with Crippen molar-refractivity contribution in [3.63, 3.8) is 0 Å². The standard InChI is InChI=1S/C21H16BrN3O2S/c1-13(19(26)24-16-5-3-2-4-6-16)25-12-23-20-18(21(25)27)17(11-28-20)14-7-9-15(22)10-8-14/h2-13H,1H3,(H,24,26)/t13-/m0/s1. The summed E-state index contributed by atoms with van der Waals surface area (Å²) in [7, 11) is 0. The molecule has 140 valence electrons. The van der Waals surface area contributed by atoms with Crippen molar-refractivity contribution in [1.29, 1.82) is 0 Å². The van der Waals surface area contributed by atoms with E-state index in [1.54, 1.807) is 19.1 Å². The van der Waals surface area contributed by atoms with Crippen LogP contribution in [0.2, 0.25) is 0 Å². The number of carbonyl (C=O) groups excluding carboxylic acids is 1. The molecule has 0 bridgehead atoms. The van der Waals surface area contributed by atoms with Crippen LogP contribution in [-0.4, -0.2) is 15.5 Å². The summed E-state index contributed by atoms with van der Waals surface area (Å²) in [6.45, 7) is 1.69. The number of rotatable bonds is 4. The molecular weight excluding hydrogens is 438 g/mol. The molecule has 0 fully saturated rings. The van der Waals surface area contributed by atoms with Gasteiger partial charge in [-0.05, 0) is 36.8 Å². The van der Waals surface area contributed by atoms with Gasteiger partial charge in [-0.25, -0.2) is 4.98 Å². The van der Waals surface area contributed by atoms with Crippen molar-refractivity contribution in [3.8, 4) is 11.1 Å². The number of aromatic nitrogens is 2. The van der Waals surface area contributed by atoms with Crippen molar-refractivity contribution in [3.05, 3.63) is 81.1 Å². The molecule has 1 amide bonds. The molecule has 0 unspecified atom stereocenters. The number of hydrogen-bond donors (Lipinski definition) is 1. The van der Waals surface area contributed by atoms with Crippen LogP contribution in [0.5, 0.6) is 0 Å². The molecule has 7 heteroatoms. The predicted octanol–water partition coefficient (Wildman–Crippen LogP) is 5.09. The topological polar surface area (TPSA) is 64.0 Å². The number of amides is 1. The number of nitrogens with zero attached hydrogens (tertiary/aromatic N) is 2. The molecule has 28 heavy (non-hydrogen) atoms. The molecular formula is C21H16BrN3O2S. The molecule has 2 aromatic carbocycles. The van der Waals surface area contributed by atoms with E-state index in [1.807, 2.05) is 47.8 Å². The Balaban J connectivity index is 1.73. The summed E-state index contributed by atoms with van der Waals surface area (Å²) in [5, 5.41) is 5.30. The second-order valence-electron chi connectivity index (χ2n) is 6.32. The number of anilines is 1. The number of hydrogen-bond acceptors (Lipinski definition) is 4. The van der Waals surface area contributed by atoms with Crippen molar-refractivity contribution >= 4 is 49.1 Å². The zero-order valence-corrected chi connectivity index (χ0v) is 17.3. The van der Waals surface area contributed by atoms with E-state index in [4.69, 9.17) is 0 Å². The van der Waals surface area contributed by atoms with Gasteiger partial charge in [0.25, 0.3) is 5.56 Å². The van der Waals surface area contributed by atoms with Crippen LogP contribution in [-0.2, 0) is 4.79 Å². The van der Waals surface area contributed by atoms with Crippen molar-refractivity contribution in [2.75, 3.05) is 5.32 Å². The van der Waals surface area contributed by atoms with Crippen molar-refractivity contribution in [1.82, 2.24) is 9.55 Å². The number of halogens is 1. The minimum Gasteiger partial charge on any atom is -0.324 e. The minimum atomic E-state index is -0.692. The Bertz CT molecular complexity index is 1200. The summed E-state index contributed by atoms with van der Waals surface area (Å²) in [6, 6.07) is 16.3. The highest BCUT2D eigenvalue weighted by molar-refractivity contribution is 9.10. The van der Waals surface area contributed by atoms with Crippen LogP contribution in [0.3, 0.4) is 0 Å². The van der Waals surface area contributed by atoms with E-state index in [2.05, 4.69) is 26.2 Å². The maximum absolute atomic E-state index is 13.2. The first-order valence-corrected chi connectivity index (χ1v) is 10.3. The molecule has 0 aliphatic carbocycles. The minimum absolute atomic E-state index is 0.222. The largest absolute Gasteiger partial charge is 0.324 e. The molecule has 2 heterocycles. The van der Waals surface area contributed by atoms with Gasteiger partial charge >= 0.3 is 0 Å². The first kappa shape index (κ1) is 18.6. The van der Waals surface area contributed by atoms with Crippen LogP contribution in [0.15, 0.2) is 75.6 Å². The van der Waals surface area contributed by atoms with Gasteiger partial charge in [0.05, 0.1) is 11.7 Å². The highest BCUT2D eigenvalue weighted by Crippen LogP contribution is 2.31. The van der Waals surface area contributed by atoms with Crippen LogP contribution in [0.4, 0.5) is 5.69 Å². The number of fused-ring (bicyclic) bond motifs is 1. The zero-order valence-electron chi connectivity index (χ0n) is 14.9. The molecule has 4 rings (SSSR count). The number of nitrogens with one attached hydrogen (secondary N) is 1. The third-order valence-corrected chi connectivity index (χ3v) is 5.93. The van der Waals surface area contributed by atoms with Gasteiger partial charge in [-0.2, -0.15) is 0 Å². The highest BCUT2D eigenvalue weighted by atomic mass is 79.9. The fourth-order valence-corrected chi connectivity index (χ4v) is 4.13. The Morgan fingerprint density at radius 2 is 1.86 bits per heavy atom. The van der Waals surface area contributed by atoms with Gasteiger partial charge in [-0.1, -0.05) is 46.3 Å². The summed E-state index contributed by atoms with van der Waals surface area (Å²) < 4.78 is 2.35. The lowest BCUT2D eigenvalue weighted by Crippen LogP contribution is -2.31. The van der Waals surface area contributed by atoms with Crippen molar-refractivity contribution in [2.45, 2.75) is 13.0 Å². The average molecular weight is 454 g/mol. The summed E-state index contributed by atoms with van der Waals surface area (Å²) in [4.78, 5) is 30.9. The molecule has 0 spiro atoms. The third kappa shape index (κ3) is 3.50. The van der Waals surface area contributed by atoms with Gasteiger partial charge in [0.2, 0.25) is 5.91 Å². The van der Waals surface area contributed by atoms with E-state index in [1.165, 1.54) is 22.2 Å². The Morgan fingerprint density at radius 1 is 1.14 bits per heavy atom. The van der Waals surface area contributed by atoms with Gasteiger partial charge in [-0.3, -0.25) is 14.2 Å². The van der Waals surface area contributed by atoms with Crippen LogP contribution < -0.4 is 10.9 Å². The summed E-state index contributed by atoms with van der Waals surface area (Å²) in [5.74, 6) is -0.269. The van der Waals surface area contributed by atoms with E-state index >= 15 is 0 Å². The Morgan fingerprint density at radius 3 is 2.57 bits per heavy atom. The molecule has 0 radical (unpaired) electrons. The number of benzene rings is 2. The first-order valence-electron chi connectivity index (χ1n) is 8.65. The van der Waals surface area contributed by atoms with Crippen LogP contribution in [0.1, 0.15) is 13.0 Å². The SMILES string of the molecule is C[C@@H](C(=O)Nc1ccccc1)n1cnc2scc(-c3ccc(Br)cc3)c2c1=O. The molecule has 1 atom stereocenters. The van der Waals surface area contributed by atoms with Crippen molar-refractivity contribution < 1.29 is 4.79 Å². The van der Waals surface area contributed by atoms with E-state index < -0.39 is 6.04 Å². The van der Waals surface area contributed by atoms with Gasteiger partial charge in [-0.15, -0.1) is 11.3 Å². The lowest BCUT2D eigenvalue weighted by Gasteiger charge is -2.15. The highest BCUT2D eigenvalue weighted by Gasteiger charge is 2.20. The second-order valence-corrected chi connectivity index (χ2v) is 8.10. The van der Waals surface area contributed by atoms with E-state index in [-0.39, 0.29) is 11.5 Å². The Hall–Kier alpha value is -2.77. The third-order valence-electron chi connectivity index (χ3n) is 4.51. The lowest BCUT2D eigenvalue weighted by molar-refractivity contribution is -0.118. The number of para-hydroxylation sites is 1. The molecule has 5 nitrogen and oxygen atoms in total. The number of thiophene rings is 1. The van der Waals surface area contributed by atoms with E-state index in [9.17, 15) is 9.59 Å². The van der Waals surface area contributed by atoms with Crippen LogP contribution in [0, 0.1) is 0 Å². The van der Waals surface area contributed by atoms with Gasteiger partial charge < -0.3 is 5.32 Å². The monoisotopic (exact) mass is 453 g/mol. The molecule has 0 aliphatic heterocycles. The van der Waals surface area contributed by atoms with E-state index in [0.29, 0.717) is 15.9 Å². The molecule has 4 aromatic rings. The predicted molar refractivity (Wildman–Crippen MR) is 117 cm³/mol. The first-order chi connectivity index (χ1) is 13.5. The average Bonchev–Trinajstić information content (AvgIpc) is 3.14.